The number of alkyl halides is 3. The molecule has 1 aromatic carbocycles. The van der Waals surface area contributed by atoms with Crippen molar-refractivity contribution in [2.45, 2.75) is 19.6 Å². The fourth-order valence-electron chi connectivity index (χ4n) is 3.61. The van der Waals surface area contributed by atoms with E-state index in [4.69, 9.17) is 0 Å². The predicted molar refractivity (Wildman–Crippen MR) is 103 cm³/mol. The van der Waals surface area contributed by atoms with Crippen LogP contribution in [0.25, 0.3) is 10.9 Å². The van der Waals surface area contributed by atoms with Crippen molar-refractivity contribution in [2.75, 3.05) is 38.1 Å². The van der Waals surface area contributed by atoms with Gasteiger partial charge in [0.2, 0.25) is 0 Å². The first-order chi connectivity index (χ1) is 12.8. The Morgan fingerprint density at radius 2 is 1.89 bits per heavy atom. The lowest BCUT2D eigenvalue weighted by Gasteiger charge is -2.34. The number of hydrogen-bond acceptors (Lipinski definition) is 4. The zero-order chi connectivity index (χ0) is 19.2. The first-order valence-electron chi connectivity index (χ1n) is 8.87. The van der Waals surface area contributed by atoms with Crippen molar-refractivity contribution in [3.8, 4) is 0 Å². The van der Waals surface area contributed by atoms with E-state index in [0.29, 0.717) is 15.9 Å². The summed E-state index contributed by atoms with van der Waals surface area (Å²) < 4.78 is 42.6. The van der Waals surface area contributed by atoms with Crippen LogP contribution in [-0.2, 0) is 12.7 Å². The Balaban J connectivity index is 1.82. The highest BCUT2D eigenvalue weighted by Crippen LogP contribution is 2.38. The van der Waals surface area contributed by atoms with Gasteiger partial charge in [0.1, 0.15) is 10.7 Å². The van der Waals surface area contributed by atoms with Crippen molar-refractivity contribution in [1.82, 2.24) is 14.5 Å². The van der Waals surface area contributed by atoms with Crippen molar-refractivity contribution in [3.05, 3.63) is 46.0 Å². The van der Waals surface area contributed by atoms with E-state index in [1.165, 1.54) is 22.0 Å². The normalized spacial score (nSPS) is 16.4. The summed E-state index contributed by atoms with van der Waals surface area (Å²) in [6.45, 7) is 5.47. The van der Waals surface area contributed by atoms with E-state index in [1.54, 1.807) is 12.3 Å². The summed E-state index contributed by atoms with van der Waals surface area (Å²) in [5.41, 5.74) is 0.860. The van der Waals surface area contributed by atoms with Crippen LogP contribution in [0.4, 0.5) is 18.9 Å². The summed E-state index contributed by atoms with van der Waals surface area (Å²) in [6, 6.07) is 6.83. The molecule has 0 atom stereocenters. The maximum atomic E-state index is 13.8. The average Bonchev–Trinajstić information content (AvgIpc) is 3.19. The van der Waals surface area contributed by atoms with Crippen LogP contribution in [0.5, 0.6) is 0 Å². The Bertz CT molecular complexity index is 952. The molecule has 3 heterocycles. The van der Waals surface area contributed by atoms with Gasteiger partial charge in [0.05, 0.1) is 12.1 Å². The molecule has 0 radical (unpaired) electrons. The molecule has 8 heteroatoms. The fraction of sp³-hybridized carbons (Fsp3) is 0.421. The highest BCUT2D eigenvalue weighted by atomic mass is 32.1. The SMILES string of the molecule is Cc1cnc(Cn2c(C(F)(F)F)cc3c(N4CCN(C)CC4)cccc32)s1. The van der Waals surface area contributed by atoms with Crippen LogP contribution in [0.3, 0.4) is 0 Å². The van der Waals surface area contributed by atoms with Crippen LogP contribution < -0.4 is 4.90 Å². The molecule has 0 aliphatic carbocycles. The molecule has 0 unspecified atom stereocenters. The van der Waals surface area contributed by atoms with E-state index < -0.39 is 11.9 Å². The van der Waals surface area contributed by atoms with Crippen LogP contribution in [0.15, 0.2) is 30.5 Å². The lowest BCUT2D eigenvalue weighted by molar-refractivity contribution is -0.143. The molecule has 2 aromatic heterocycles. The Morgan fingerprint density at radius 1 is 1.15 bits per heavy atom. The molecule has 1 fully saturated rings. The minimum absolute atomic E-state index is 0.128. The molecule has 0 amide bonds. The van der Waals surface area contributed by atoms with Gasteiger partial charge < -0.3 is 14.4 Å². The molecule has 3 aromatic rings. The van der Waals surface area contributed by atoms with Crippen molar-refractivity contribution >= 4 is 27.9 Å². The molecular formula is C19H21F3N4S. The van der Waals surface area contributed by atoms with E-state index in [0.717, 1.165) is 36.7 Å². The van der Waals surface area contributed by atoms with Crippen molar-refractivity contribution < 1.29 is 13.2 Å². The molecule has 1 aliphatic rings. The van der Waals surface area contributed by atoms with Gasteiger partial charge in [-0.2, -0.15) is 13.2 Å². The Kier molecular flexibility index (Phi) is 4.63. The van der Waals surface area contributed by atoms with Gasteiger partial charge in [-0.05, 0) is 32.2 Å². The van der Waals surface area contributed by atoms with Gasteiger partial charge in [-0.25, -0.2) is 4.98 Å². The number of rotatable bonds is 3. The van der Waals surface area contributed by atoms with E-state index in [-0.39, 0.29) is 6.54 Å². The molecule has 1 aliphatic heterocycles. The number of aryl methyl sites for hydroxylation is 1. The summed E-state index contributed by atoms with van der Waals surface area (Å²) >= 11 is 1.43. The zero-order valence-electron chi connectivity index (χ0n) is 15.3. The number of aromatic nitrogens is 2. The fourth-order valence-corrected chi connectivity index (χ4v) is 4.38. The Hall–Kier alpha value is -2.06. The molecule has 27 heavy (non-hydrogen) atoms. The number of fused-ring (bicyclic) bond motifs is 1. The maximum absolute atomic E-state index is 13.8. The van der Waals surface area contributed by atoms with Gasteiger partial charge in [-0.1, -0.05) is 6.07 Å². The van der Waals surface area contributed by atoms with Gasteiger partial charge in [-0.3, -0.25) is 0 Å². The lowest BCUT2D eigenvalue weighted by atomic mass is 10.1. The van der Waals surface area contributed by atoms with Gasteiger partial charge in [0.15, 0.2) is 0 Å². The number of likely N-dealkylation sites (N-methyl/N-ethyl adjacent to an activating group) is 1. The first-order valence-corrected chi connectivity index (χ1v) is 9.69. The Labute approximate surface area is 159 Å². The van der Waals surface area contributed by atoms with E-state index in [2.05, 4.69) is 21.8 Å². The average molecular weight is 394 g/mol. The number of anilines is 1. The monoisotopic (exact) mass is 394 g/mol. The summed E-state index contributed by atoms with van der Waals surface area (Å²) in [6.07, 6.45) is -2.71. The number of hydrogen-bond donors (Lipinski definition) is 0. The van der Waals surface area contributed by atoms with Crippen LogP contribution >= 0.6 is 11.3 Å². The van der Waals surface area contributed by atoms with E-state index >= 15 is 0 Å². The third-order valence-electron chi connectivity index (χ3n) is 5.02. The lowest BCUT2D eigenvalue weighted by Crippen LogP contribution is -2.44. The van der Waals surface area contributed by atoms with Gasteiger partial charge in [0.25, 0.3) is 0 Å². The summed E-state index contributed by atoms with van der Waals surface area (Å²) in [5, 5.41) is 1.34. The number of thiazole rings is 1. The van der Waals surface area contributed by atoms with Gasteiger partial charge in [0, 0.05) is 48.3 Å². The quantitative estimate of drug-likeness (QED) is 0.665. The van der Waals surface area contributed by atoms with Crippen LogP contribution in [-0.4, -0.2) is 47.7 Å². The number of benzene rings is 1. The molecule has 0 saturated carbocycles. The number of nitrogens with zero attached hydrogens (tertiary/aromatic N) is 4. The standard InChI is InChI=1S/C19H21F3N4S/c1-13-11-23-18(27-13)12-26-16-5-3-4-15(25-8-6-24(2)7-9-25)14(16)10-17(26)19(20,21)22/h3-5,10-11H,6-9,12H2,1-2H3. The largest absolute Gasteiger partial charge is 0.431 e. The zero-order valence-corrected chi connectivity index (χ0v) is 16.1. The minimum Gasteiger partial charge on any atom is -0.368 e. The molecule has 144 valence electrons. The molecule has 1 saturated heterocycles. The number of piperazine rings is 1. The highest BCUT2D eigenvalue weighted by Gasteiger charge is 2.36. The summed E-state index contributed by atoms with van der Waals surface area (Å²) in [7, 11) is 2.06. The smallest absolute Gasteiger partial charge is 0.368 e. The second-order valence-electron chi connectivity index (χ2n) is 6.98. The molecule has 0 spiro atoms. The Morgan fingerprint density at radius 3 is 2.52 bits per heavy atom. The third kappa shape index (κ3) is 3.55. The van der Waals surface area contributed by atoms with Gasteiger partial charge >= 0.3 is 6.18 Å². The molecule has 4 rings (SSSR count). The van der Waals surface area contributed by atoms with Gasteiger partial charge in [-0.15, -0.1) is 11.3 Å². The van der Waals surface area contributed by atoms with Crippen LogP contribution in [0.1, 0.15) is 15.6 Å². The topological polar surface area (TPSA) is 24.3 Å². The van der Waals surface area contributed by atoms with E-state index in [1.807, 2.05) is 19.1 Å². The van der Waals surface area contributed by atoms with Crippen molar-refractivity contribution in [2.24, 2.45) is 0 Å². The van der Waals surface area contributed by atoms with Crippen molar-refractivity contribution in [1.29, 1.82) is 0 Å². The van der Waals surface area contributed by atoms with E-state index in [9.17, 15) is 13.2 Å². The summed E-state index contributed by atoms with van der Waals surface area (Å²) in [5.74, 6) is 0. The first kappa shape index (κ1) is 18.3. The van der Waals surface area contributed by atoms with Crippen LogP contribution in [0.2, 0.25) is 0 Å². The maximum Gasteiger partial charge on any atom is 0.431 e. The second-order valence-corrected chi connectivity index (χ2v) is 8.30. The second kappa shape index (κ2) is 6.83. The highest BCUT2D eigenvalue weighted by molar-refractivity contribution is 7.11. The molecule has 0 bridgehead atoms. The third-order valence-corrected chi connectivity index (χ3v) is 5.92. The van der Waals surface area contributed by atoms with Crippen molar-refractivity contribution in [3.63, 3.8) is 0 Å². The minimum atomic E-state index is -4.41. The number of halogens is 3. The molecular weight excluding hydrogens is 373 g/mol. The summed E-state index contributed by atoms with van der Waals surface area (Å²) in [4.78, 5) is 9.66. The molecule has 4 nitrogen and oxygen atoms in total. The molecule has 0 N–H and O–H groups in total. The van der Waals surface area contributed by atoms with Crippen LogP contribution in [0, 0.1) is 6.92 Å². The predicted octanol–water partition coefficient (Wildman–Crippen LogP) is 4.23.